The third kappa shape index (κ3) is 4.84. The Morgan fingerprint density at radius 1 is 1.38 bits per heavy atom. The van der Waals surface area contributed by atoms with Crippen molar-refractivity contribution >= 4 is 38.8 Å². The molecule has 2 aromatic rings. The predicted octanol–water partition coefficient (Wildman–Crippen LogP) is 2.10. The number of rotatable bonds is 9. The molecule has 11 heteroatoms. The Labute approximate surface area is 178 Å². The van der Waals surface area contributed by atoms with Gasteiger partial charge in [-0.3, -0.25) is 9.36 Å². The van der Waals surface area contributed by atoms with E-state index in [1.807, 2.05) is 17.5 Å². The second-order valence-electron chi connectivity index (χ2n) is 7.31. The van der Waals surface area contributed by atoms with Gasteiger partial charge >= 0.3 is 0 Å². The number of sulfone groups is 1. The highest BCUT2D eigenvalue weighted by Gasteiger charge is 2.35. The van der Waals surface area contributed by atoms with Crippen LogP contribution in [-0.2, 0) is 19.4 Å². The zero-order valence-corrected chi connectivity index (χ0v) is 18.6. The van der Waals surface area contributed by atoms with Crippen molar-refractivity contribution in [2.75, 3.05) is 37.5 Å². The second-order valence-corrected chi connectivity index (χ2v) is 11.4. The standard InChI is InChI=1S/C18H24N4O4S3/c1-26-8-7-21(14-6-10-29(24,25)12-14)16(23)11-28-18-20-19-17(15-3-2-9-27-15)22(18)13-4-5-13/h2-3,9,13-14H,4-8,10-12H2,1H3/t14-/m1/s1. The maximum atomic E-state index is 13.0. The lowest BCUT2D eigenvalue weighted by atomic mass is 10.2. The van der Waals surface area contributed by atoms with Gasteiger partial charge in [0.25, 0.3) is 0 Å². The van der Waals surface area contributed by atoms with Crippen LogP contribution in [-0.4, -0.2) is 77.6 Å². The molecule has 0 aromatic carbocycles. The minimum atomic E-state index is -3.06. The molecular formula is C18H24N4O4S3. The number of hydrogen-bond donors (Lipinski definition) is 0. The van der Waals surface area contributed by atoms with Crippen molar-refractivity contribution in [1.82, 2.24) is 19.7 Å². The van der Waals surface area contributed by atoms with Crippen LogP contribution in [0.3, 0.4) is 0 Å². The lowest BCUT2D eigenvalue weighted by Gasteiger charge is -2.28. The third-order valence-corrected chi connectivity index (χ3v) is 8.69. The number of methoxy groups -OCH3 is 1. The summed E-state index contributed by atoms with van der Waals surface area (Å²) in [4.78, 5) is 15.7. The first-order valence-electron chi connectivity index (χ1n) is 9.59. The summed E-state index contributed by atoms with van der Waals surface area (Å²) in [6, 6.07) is 4.14. The van der Waals surface area contributed by atoms with Crippen molar-refractivity contribution in [2.45, 2.75) is 36.5 Å². The first-order chi connectivity index (χ1) is 14.0. The molecule has 0 bridgehead atoms. The van der Waals surface area contributed by atoms with E-state index in [1.54, 1.807) is 23.3 Å². The van der Waals surface area contributed by atoms with Crippen LogP contribution in [0.2, 0.25) is 0 Å². The monoisotopic (exact) mass is 456 g/mol. The molecule has 4 rings (SSSR count). The summed E-state index contributed by atoms with van der Waals surface area (Å²) in [6.45, 7) is 0.777. The summed E-state index contributed by atoms with van der Waals surface area (Å²) in [5, 5.41) is 11.5. The zero-order valence-electron chi connectivity index (χ0n) is 16.2. The smallest absolute Gasteiger partial charge is 0.233 e. The SMILES string of the molecule is COCCN(C(=O)CSc1nnc(-c2cccs2)n1C1CC1)[C@@H]1CCS(=O)(=O)C1. The quantitative estimate of drug-likeness (QED) is 0.533. The Morgan fingerprint density at radius 3 is 2.83 bits per heavy atom. The predicted molar refractivity (Wildman–Crippen MR) is 113 cm³/mol. The Bertz CT molecular complexity index is 954. The highest BCUT2D eigenvalue weighted by molar-refractivity contribution is 7.99. The average molecular weight is 457 g/mol. The molecule has 2 fully saturated rings. The first kappa shape index (κ1) is 20.8. The fourth-order valence-corrected chi connectivity index (χ4v) is 6.87. The fraction of sp³-hybridized carbons (Fsp3) is 0.611. The van der Waals surface area contributed by atoms with Crippen LogP contribution in [0.25, 0.3) is 10.7 Å². The van der Waals surface area contributed by atoms with Gasteiger partial charge in [-0.25, -0.2) is 8.42 Å². The maximum absolute atomic E-state index is 13.0. The van der Waals surface area contributed by atoms with Crippen LogP contribution in [0.1, 0.15) is 25.3 Å². The normalized spacial score (nSPS) is 20.8. The number of ether oxygens (including phenoxy) is 1. The highest BCUT2D eigenvalue weighted by atomic mass is 32.2. The van der Waals surface area contributed by atoms with Gasteiger partial charge in [0.1, 0.15) is 0 Å². The van der Waals surface area contributed by atoms with Crippen molar-refractivity contribution < 1.29 is 17.9 Å². The number of carbonyl (C=O) groups is 1. The Balaban J connectivity index is 1.46. The molecule has 1 amide bonds. The molecule has 1 saturated heterocycles. The molecular weight excluding hydrogens is 432 g/mol. The number of nitrogens with zero attached hydrogens (tertiary/aromatic N) is 4. The van der Waals surface area contributed by atoms with Gasteiger partial charge in [0, 0.05) is 25.7 Å². The van der Waals surface area contributed by atoms with Crippen molar-refractivity contribution in [1.29, 1.82) is 0 Å². The summed E-state index contributed by atoms with van der Waals surface area (Å²) >= 11 is 3.00. The van der Waals surface area contributed by atoms with E-state index >= 15 is 0 Å². The Kier molecular flexibility index (Phi) is 6.28. The Hall–Kier alpha value is -1.43. The minimum Gasteiger partial charge on any atom is -0.383 e. The molecule has 1 saturated carbocycles. The number of hydrogen-bond acceptors (Lipinski definition) is 8. The van der Waals surface area contributed by atoms with Gasteiger partial charge in [-0.1, -0.05) is 17.8 Å². The van der Waals surface area contributed by atoms with E-state index in [-0.39, 0.29) is 29.2 Å². The number of thioether (sulfide) groups is 1. The minimum absolute atomic E-state index is 0.0356. The van der Waals surface area contributed by atoms with E-state index in [9.17, 15) is 13.2 Å². The van der Waals surface area contributed by atoms with Gasteiger partial charge in [0.05, 0.1) is 28.7 Å². The van der Waals surface area contributed by atoms with E-state index < -0.39 is 9.84 Å². The molecule has 1 aliphatic heterocycles. The second kappa shape index (κ2) is 8.75. The molecule has 0 unspecified atom stereocenters. The molecule has 1 aliphatic carbocycles. The van der Waals surface area contributed by atoms with Crippen LogP contribution >= 0.6 is 23.1 Å². The highest BCUT2D eigenvalue weighted by Crippen LogP contribution is 2.41. The molecule has 2 aromatic heterocycles. The molecule has 29 heavy (non-hydrogen) atoms. The zero-order chi connectivity index (χ0) is 20.4. The number of amides is 1. The number of aromatic nitrogens is 3. The number of thiophene rings is 1. The van der Waals surface area contributed by atoms with E-state index in [0.29, 0.717) is 25.6 Å². The van der Waals surface area contributed by atoms with Crippen LogP contribution in [0, 0.1) is 0 Å². The van der Waals surface area contributed by atoms with Crippen LogP contribution in [0.4, 0.5) is 0 Å². The fourth-order valence-electron chi connectivity index (χ4n) is 3.54. The Morgan fingerprint density at radius 2 is 2.21 bits per heavy atom. The summed E-state index contributed by atoms with van der Waals surface area (Å²) in [5.74, 6) is 1.15. The largest absolute Gasteiger partial charge is 0.383 e. The average Bonchev–Trinajstić information content (AvgIpc) is 3.08. The van der Waals surface area contributed by atoms with Crippen molar-refractivity contribution in [2.24, 2.45) is 0 Å². The summed E-state index contributed by atoms with van der Waals surface area (Å²) in [5.41, 5.74) is 0. The molecule has 3 heterocycles. The van der Waals surface area contributed by atoms with Gasteiger partial charge in [-0.05, 0) is 30.7 Å². The van der Waals surface area contributed by atoms with Crippen molar-refractivity contribution in [3.05, 3.63) is 17.5 Å². The van der Waals surface area contributed by atoms with Gasteiger partial charge < -0.3 is 9.64 Å². The summed E-state index contributed by atoms with van der Waals surface area (Å²) in [7, 11) is -1.49. The van der Waals surface area contributed by atoms with Gasteiger partial charge in [0.15, 0.2) is 20.8 Å². The van der Waals surface area contributed by atoms with Crippen LogP contribution in [0.5, 0.6) is 0 Å². The molecule has 158 valence electrons. The van der Waals surface area contributed by atoms with Crippen LogP contribution in [0.15, 0.2) is 22.7 Å². The topological polar surface area (TPSA) is 94.4 Å². The summed E-state index contributed by atoms with van der Waals surface area (Å²) < 4.78 is 31.0. The molecule has 0 radical (unpaired) electrons. The lowest BCUT2D eigenvalue weighted by molar-refractivity contribution is -0.130. The molecule has 0 spiro atoms. The lowest BCUT2D eigenvalue weighted by Crippen LogP contribution is -2.44. The van der Waals surface area contributed by atoms with Crippen molar-refractivity contribution in [3.63, 3.8) is 0 Å². The molecule has 1 atom stereocenters. The molecule has 8 nitrogen and oxygen atoms in total. The molecule has 2 aliphatic rings. The van der Waals surface area contributed by atoms with E-state index in [0.717, 1.165) is 28.7 Å². The van der Waals surface area contributed by atoms with Gasteiger partial charge in [-0.15, -0.1) is 21.5 Å². The summed E-state index contributed by atoms with van der Waals surface area (Å²) in [6.07, 6.45) is 2.68. The number of carbonyl (C=O) groups excluding carboxylic acids is 1. The van der Waals surface area contributed by atoms with Gasteiger partial charge in [0.2, 0.25) is 5.91 Å². The van der Waals surface area contributed by atoms with Gasteiger partial charge in [-0.2, -0.15) is 0 Å². The van der Waals surface area contributed by atoms with Crippen molar-refractivity contribution in [3.8, 4) is 10.7 Å². The molecule has 0 N–H and O–H groups in total. The first-order valence-corrected chi connectivity index (χ1v) is 13.3. The third-order valence-electron chi connectivity index (χ3n) is 5.15. The van der Waals surface area contributed by atoms with Crippen LogP contribution < -0.4 is 0 Å². The van der Waals surface area contributed by atoms with E-state index in [2.05, 4.69) is 14.8 Å². The maximum Gasteiger partial charge on any atom is 0.233 e. The van der Waals surface area contributed by atoms with E-state index in [4.69, 9.17) is 4.74 Å². The van der Waals surface area contributed by atoms with E-state index in [1.165, 1.54) is 11.8 Å².